The minimum absolute atomic E-state index is 0.494. The minimum Gasteiger partial charge on any atom is -0.478 e. The summed E-state index contributed by atoms with van der Waals surface area (Å²) in [6.45, 7) is -25.4. The lowest BCUT2D eigenvalue weighted by Gasteiger charge is -2.37. The van der Waals surface area contributed by atoms with Crippen LogP contribution in [0.2, 0.25) is 0 Å². The van der Waals surface area contributed by atoms with Gasteiger partial charge in [-0.15, -0.1) is 0 Å². The number of hydrogen-bond acceptors (Lipinski definition) is 9. The average molecular weight is 1480 g/mol. The van der Waals surface area contributed by atoms with Crippen LogP contribution in [0.1, 0.15) is 22.3 Å². The number of halogens is 40. The van der Waals surface area contributed by atoms with Crippen LogP contribution in [-0.4, -0.2) is 115 Å². The van der Waals surface area contributed by atoms with Crippen LogP contribution in [0.4, 0.5) is 176 Å². The number of rotatable bonds is 28. The third-order valence-electron chi connectivity index (χ3n) is 10.7. The molecule has 0 aliphatic rings. The van der Waals surface area contributed by atoms with Gasteiger partial charge in [-0.25, -0.2) is 66.2 Å². The van der Waals surface area contributed by atoms with Gasteiger partial charge >= 0.3 is 49.0 Å². The maximum absolute atomic E-state index is 14.7. The average Bonchev–Trinajstić information content (AvgIpc) is 0.780. The molecule has 0 saturated carbocycles. The van der Waals surface area contributed by atoms with Gasteiger partial charge in [-0.05, 0) is 13.8 Å². The fraction of sp³-hybridized carbons (Fsp3) is 0.478. The van der Waals surface area contributed by atoms with E-state index in [0.717, 1.165) is 0 Å². The van der Waals surface area contributed by atoms with Gasteiger partial charge in [0.05, 0.1) is 13.2 Å². The smallest absolute Gasteiger partial charge is 0.422 e. The highest BCUT2D eigenvalue weighted by atomic mass is 19.4. The van der Waals surface area contributed by atoms with Crippen LogP contribution in [0.5, 0.6) is 23.0 Å². The molecule has 4 aromatic carbocycles. The van der Waals surface area contributed by atoms with Crippen molar-refractivity contribution in [3.63, 3.8) is 0 Å². The molecule has 0 aromatic heterocycles. The number of benzene rings is 4. The van der Waals surface area contributed by atoms with E-state index in [2.05, 4.69) is 42.6 Å². The van der Waals surface area contributed by atoms with Crippen LogP contribution >= 0.6 is 0 Å². The van der Waals surface area contributed by atoms with Crippen LogP contribution in [0.15, 0.2) is 0 Å². The van der Waals surface area contributed by atoms with Gasteiger partial charge in [-0.1, -0.05) is 0 Å². The van der Waals surface area contributed by atoms with E-state index in [9.17, 15) is 176 Å². The quantitative estimate of drug-likeness (QED) is 0.0408. The lowest BCUT2D eigenvalue weighted by molar-refractivity contribution is -0.450. The lowest BCUT2D eigenvalue weighted by atomic mass is 10.1. The molecule has 2 unspecified atom stereocenters. The van der Waals surface area contributed by atoms with Crippen molar-refractivity contribution in [3.05, 3.63) is 115 Å². The Morgan fingerprint density at radius 1 is 0.253 bits per heavy atom. The third-order valence-corrected chi connectivity index (χ3v) is 10.7. The molecular formula is C46H26F40O9. The van der Waals surface area contributed by atoms with Crippen LogP contribution < -0.4 is 18.9 Å². The molecule has 4 aromatic rings. The number of ether oxygens (including phenoxy) is 9. The van der Waals surface area contributed by atoms with Crippen LogP contribution in [0.3, 0.4) is 0 Å². The summed E-state index contributed by atoms with van der Waals surface area (Å²) in [6, 6.07) is 0. The fourth-order valence-electron chi connectivity index (χ4n) is 5.81. The first-order valence-electron chi connectivity index (χ1n) is 23.1. The predicted octanol–water partition coefficient (Wildman–Crippen LogP) is 17.0. The van der Waals surface area contributed by atoms with Gasteiger partial charge in [0.25, 0.3) is 11.3 Å². The van der Waals surface area contributed by atoms with E-state index in [1.165, 1.54) is 0 Å². The summed E-state index contributed by atoms with van der Waals surface area (Å²) in [4.78, 5) is 0. The molecule has 0 heterocycles. The van der Waals surface area contributed by atoms with E-state index in [0.29, 0.717) is 13.8 Å². The minimum atomic E-state index is -6.59. The predicted molar refractivity (Wildman–Crippen MR) is 223 cm³/mol. The normalized spacial score (nSPS) is 14.2. The van der Waals surface area contributed by atoms with Crippen molar-refractivity contribution < 1.29 is 218 Å². The molecule has 0 bridgehead atoms. The molecule has 49 heteroatoms. The Kier molecular flexibility index (Phi) is 27.5. The van der Waals surface area contributed by atoms with Crippen LogP contribution in [-0.2, 0) is 36.0 Å². The Labute approximate surface area is 497 Å². The molecule has 0 spiro atoms. The van der Waals surface area contributed by atoms with Crippen molar-refractivity contribution >= 4 is 0 Å². The van der Waals surface area contributed by atoms with Crippen molar-refractivity contribution in [1.29, 1.82) is 0 Å². The molecule has 4 rings (SSSR count). The van der Waals surface area contributed by atoms with Gasteiger partial charge in [-0.3, -0.25) is 9.47 Å². The summed E-state index contributed by atoms with van der Waals surface area (Å²) in [6.07, 6.45) is -44.2. The zero-order chi connectivity index (χ0) is 74.3. The zero-order valence-electron chi connectivity index (χ0n) is 44.9. The standard InChI is InChI=1S/C26H18F20O5.2C10H4F10O2/c1-9-11(29)15(33)19(16(34)12(9)30)47-7-23(39,40)49-5-21(37,3-27)25(43,44)51-26(45,46)22(38,4-28)6-50-24(41,42)8-48-20-17(35)13(31)10(2)14(32)18(20)36;2*11-2-22-9(16,17)1-21-8-6(14)4(12)3(10(18,19)20)5(13)7(8)15/h3-8H2,1-2H3;2*1-2H2. The molecule has 0 radical (unpaired) electrons. The Morgan fingerprint density at radius 2 is 0.442 bits per heavy atom. The van der Waals surface area contributed by atoms with E-state index in [1.807, 2.05) is 0 Å². The van der Waals surface area contributed by atoms with Gasteiger partial charge in [0.2, 0.25) is 46.5 Å². The van der Waals surface area contributed by atoms with Crippen LogP contribution in [0.25, 0.3) is 0 Å². The van der Waals surface area contributed by atoms with Crippen molar-refractivity contribution in [1.82, 2.24) is 0 Å². The maximum Gasteiger partial charge on any atom is 0.422 e. The second-order valence-electron chi connectivity index (χ2n) is 17.5. The van der Waals surface area contributed by atoms with Crippen molar-refractivity contribution in [2.75, 3.05) is 66.7 Å². The van der Waals surface area contributed by atoms with E-state index < -0.39 is 265 Å². The third kappa shape index (κ3) is 20.1. The molecule has 0 N–H and O–H groups in total. The highest BCUT2D eigenvalue weighted by molar-refractivity contribution is 5.38. The molecular weight excluding hydrogens is 1460 g/mol. The molecule has 544 valence electrons. The maximum atomic E-state index is 14.7. The molecule has 95 heavy (non-hydrogen) atoms. The lowest BCUT2D eigenvalue weighted by Crippen LogP contribution is -2.61. The second kappa shape index (κ2) is 31.1. The van der Waals surface area contributed by atoms with Crippen LogP contribution in [0, 0.1) is 107 Å². The summed E-state index contributed by atoms with van der Waals surface area (Å²) in [5.74, 6) is -49.2. The Bertz CT molecular complexity index is 2980. The van der Waals surface area contributed by atoms with Crippen molar-refractivity contribution in [2.45, 2.75) is 74.2 Å². The summed E-state index contributed by atoms with van der Waals surface area (Å²) in [5, 5.41) is 0. The molecule has 0 aliphatic carbocycles. The van der Waals surface area contributed by atoms with Gasteiger partial charge in [0.15, 0.2) is 110 Å². The molecule has 0 fully saturated rings. The highest BCUT2D eigenvalue weighted by Gasteiger charge is 2.69. The second-order valence-corrected chi connectivity index (χ2v) is 17.5. The Hall–Kier alpha value is -6.92. The Morgan fingerprint density at radius 3 is 0.621 bits per heavy atom. The van der Waals surface area contributed by atoms with Gasteiger partial charge in [-0.2, -0.15) is 114 Å². The Balaban J connectivity index is 0.000000571. The highest BCUT2D eigenvalue weighted by Crippen LogP contribution is 2.47. The molecule has 0 saturated heterocycles. The summed E-state index contributed by atoms with van der Waals surface area (Å²) in [5.41, 5.74) is -19.5. The number of hydrogen-bond donors (Lipinski definition) is 0. The van der Waals surface area contributed by atoms with E-state index in [4.69, 9.17) is 0 Å². The fourth-order valence-corrected chi connectivity index (χ4v) is 5.81. The molecule has 2 atom stereocenters. The topological polar surface area (TPSA) is 83.1 Å². The van der Waals surface area contributed by atoms with Gasteiger partial charge < -0.3 is 28.4 Å². The van der Waals surface area contributed by atoms with E-state index >= 15 is 0 Å². The summed E-state index contributed by atoms with van der Waals surface area (Å²) < 4.78 is 561. The number of alkyl halides is 24. The monoisotopic (exact) mass is 1480 g/mol. The molecule has 0 aliphatic heterocycles. The SMILES string of the molecule is Cc1c(F)c(F)c(OCC(F)(F)OCC(F)(CF)C(F)(F)OC(F)(F)C(F)(CF)COC(F)(F)COc2c(F)c(F)c(C)c(F)c2F)c(F)c1F.FCOC(F)(F)COc1c(F)c(F)c(C(F)(F)F)c(F)c1F.FCOC(F)(F)COc1c(F)c(F)c(C(F)(F)F)c(F)c1F. The molecule has 9 nitrogen and oxygen atoms in total. The first kappa shape index (κ1) is 84.2. The summed E-state index contributed by atoms with van der Waals surface area (Å²) in [7, 11) is 0. The van der Waals surface area contributed by atoms with E-state index in [-0.39, 0.29) is 0 Å². The zero-order valence-corrected chi connectivity index (χ0v) is 44.9. The first-order valence-corrected chi connectivity index (χ1v) is 23.1. The van der Waals surface area contributed by atoms with Crippen molar-refractivity contribution in [3.8, 4) is 23.0 Å². The van der Waals surface area contributed by atoms with E-state index in [1.54, 1.807) is 0 Å². The largest absolute Gasteiger partial charge is 0.478 e. The van der Waals surface area contributed by atoms with Crippen molar-refractivity contribution in [2.24, 2.45) is 0 Å². The molecule has 0 amide bonds. The van der Waals surface area contributed by atoms with Gasteiger partial charge in [0, 0.05) is 11.1 Å². The summed E-state index contributed by atoms with van der Waals surface area (Å²) >= 11 is 0. The first-order chi connectivity index (χ1) is 42.9. The van der Waals surface area contributed by atoms with Gasteiger partial charge in [0.1, 0.15) is 24.5 Å².